The molecule has 1 aliphatic rings. The highest BCUT2D eigenvalue weighted by Gasteiger charge is 2.23. The molecule has 0 N–H and O–H groups in total. The van der Waals surface area contributed by atoms with Gasteiger partial charge in [-0.3, -0.25) is 9.88 Å². The van der Waals surface area contributed by atoms with Crippen LogP contribution in [-0.4, -0.2) is 47.5 Å². The first-order chi connectivity index (χ1) is 13.3. The highest BCUT2D eigenvalue weighted by atomic mass is 15.2. The van der Waals surface area contributed by atoms with Crippen molar-refractivity contribution in [2.45, 2.75) is 31.8 Å². The number of likely N-dealkylation sites (tertiary alicyclic amines) is 1. The van der Waals surface area contributed by atoms with Crippen LogP contribution < -0.4 is 0 Å². The SMILES string of the molecule is CN(CCc1ccccc1)[C@H]1CCCN(Cc2cccc3cccnc23)C1. The van der Waals surface area contributed by atoms with E-state index in [1.807, 2.05) is 12.3 Å². The van der Waals surface area contributed by atoms with Crippen LogP contribution in [0.25, 0.3) is 10.9 Å². The van der Waals surface area contributed by atoms with Crippen molar-refractivity contribution < 1.29 is 0 Å². The molecule has 4 rings (SSSR count). The van der Waals surface area contributed by atoms with Gasteiger partial charge in [0.15, 0.2) is 0 Å². The summed E-state index contributed by atoms with van der Waals surface area (Å²) in [6.45, 7) is 4.45. The van der Waals surface area contributed by atoms with Gasteiger partial charge in [-0.2, -0.15) is 0 Å². The Labute approximate surface area is 162 Å². The third-order valence-electron chi connectivity index (χ3n) is 5.81. The Balaban J connectivity index is 1.37. The summed E-state index contributed by atoms with van der Waals surface area (Å²) in [6, 6.07) is 22.2. The molecule has 0 spiro atoms. The van der Waals surface area contributed by atoms with Crippen LogP contribution in [0.4, 0.5) is 0 Å². The topological polar surface area (TPSA) is 19.4 Å². The van der Waals surface area contributed by atoms with E-state index in [1.165, 1.54) is 35.9 Å². The van der Waals surface area contributed by atoms with Gasteiger partial charge in [0.25, 0.3) is 0 Å². The Hall–Kier alpha value is -2.23. The number of benzene rings is 2. The van der Waals surface area contributed by atoms with E-state index in [1.54, 1.807) is 0 Å². The molecule has 0 aliphatic carbocycles. The van der Waals surface area contributed by atoms with E-state index in [9.17, 15) is 0 Å². The van der Waals surface area contributed by atoms with Gasteiger partial charge in [-0.25, -0.2) is 0 Å². The Bertz CT molecular complexity index is 856. The molecule has 2 aromatic carbocycles. The highest BCUT2D eigenvalue weighted by molar-refractivity contribution is 5.81. The van der Waals surface area contributed by atoms with Crippen molar-refractivity contribution in [3.05, 3.63) is 78.0 Å². The predicted molar refractivity (Wildman–Crippen MR) is 113 cm³/mol. The quantitative estimate of drug-likeness (QED) is 0.651. The molecule has 0 radical (unpaired) electrons. The van der Waals surface area contributed by atoms with Crippen molar-refractivity contribution >= 4 is 10.9 Å². The van der Waals surface area contributed by atoms with E-state index in [4.69, 9.17) is 0 Å². The van der Waals surface area contributed by atoms with Gasteiger partial charge in [0.1, 0.15) is 0 Å². The van der Waals surface area contributed by atoms with Crippen LogP contribution in [0.3, 0.4) is 0 Å². The number of aromatic nitrogens is 1. The van der Waals surface area contributed by atoms with Crippen molar-refractivity contribution in [1.29, 1.82) is 0 Å². The number of rotatable bonds is 6. The van der Waals surface area contributed by atoms with Gasteiger partial charge in [0.2, 0.25) is 0 Å². The first kappa shape index (κ1) is 18.1. The normalized spacial score (nSPS) is 18.2. The molecule has 0 unspecified atom stereocenters. The van der Waals surface area contributed by atoms with Gasteiger partial charge in [-0.1, -0.05) is 54.6 Å². The van der Waals surface area contributed by atoms with Gasteiger partial charge in [-0.15, -0.1) is 0 Å². The Kier molecular flexibility index (Phi) is 5.81. The summed E-state index contributed by atoms with van der Waals surface area (Å²) in [5, 5.41) is 1.24. The fraction of sp³-hybridized carbons (Fsp3) is 0.375. The number of pyridine rings is 1. The fourth-order valence-corrected chi connectivity index (χ4v) is 4.20. The molecule has 140 valence electrons. The van der Waals surface area contributed by atoms with E-state index < -0.39 is 0 Å². The molecule has 2 heterocycles. The zero-order chi connectivity index (χ0) is 18.5. The van der Waals surface area contributed by atoms with Gasteiger partial charge >= 0.3 is 0 Å². The molecule has 0 saturated carbocycles. The van der Waals surface area contributed by atoms with Crippen LogP contribution in [0.5, 0.6) is 0 Å². The molecule has 1 saturated heterocycles. The maximum Gasteiger partial charge on any atom is 0.0746 e. The lowest BCUT2D eigenvalue weighted by atomic mass is 10.0. The van der Waals surface area contributed by atoms with Crippen molar-refractivity contribution in [3.8, 4) is 0 Å². The Morgan fingerprint density at radius 1 is 1.04 bits per heavy atom. The molecular weight excluding hydrogens is 330 g/mol. The van der Waals surface area contributed by atoms with Crippen molar-refractivity contribution in [2.24, 2.45) is 0 Å². The smallest absolute Gasteiger partial charge is 0.0746 e. The summed E-state index contributed by atoms with van der Waals surface area (Å²) >= 11 is 0. The minimum atomic E-state index is 0.644. The molecule has 3 nitrogen and oxygen atoms in total. The second-order valence-corrected chi connectivity index (χ2v) is 7.74. The summed E-state index contributed by atoms with van der Waals surface area (Å²) in [4.78, 5) is 9.79. The lowest BCUT2D eigenvalue weighted by Crippen LogP contribution is -2.46. The number of hydrogen-bond donors (Lipinski definition) is 0. The predicted octanol–water partition coefficient (Wildman–Crippen LogP) is 4.37. The molecule has 3 heteroatoms. The van der Waals surface area contributed by atoms with Crippen LogP contribution in [0.15, 0.2) is 66.9 Å². The van der Waals surface area contributed by atoms with Gasteiger partial charge in [0.05, 0.1) is 5.52 Å². The molecule has 0 amide bonds. The van der Waals surface area contributed by atoms with E-state index in [2.05, 4.69) is 76.4 Å². The number of nitrogens with zero attached hydrogens (tertiary/aromatic N) is 3. The standard InChI is InChI=1S/C24H29N3/c1-26(17-14-20-8-3-2-4-9-20)23-13-7-16-27(19-23)18-22-11-5-10-21-12-6-15-25-24(21)22/h2-6,8-12,15,23H,7,13-14,16-19H2,1H3/t23-/m0/s1. The number of likely N-dealkylation sites (N-methyl/N-ethyl adjacent to an activating group) is 1. The molecular formula is C24H29N3. The average Bonchev–Trinajstić information content (AvgIpc) is 2.73. The molecule has 1 atom stereocenters. The largest absolute Gasteiger partial charge is 0.302 e. The monoisotopic (exact) mass is 359 g/mol. The maximum atomic E-state index is 4.63. The summed E-state index contributed by atoms with van der Waals surface area (Å²) in [7, 11) is 2.29. The third kappa shape index (κ3) is 4.55. The van der Waals surface area contributed by atoms with E-state index in [-0.39, 0.29) is 0 Å². The number of fused-ring (bicyclic) bond motifs is 1. The summed E-state index contributed by atoms with van der Waals surface area (Å²) in [6.07, 6.45) is 5.61. The fourth-order valence-electron chi connectivity index (χ4n) is 4.20. The summed E-state index contributed by atoms with van der Waals surface area (Å²) < 4.78 is 0. The van der Waals surface area contributed by atoms with E-state index in [0.29, 0.717) is 6.04 Å². The molecule has 0 bridgehead atoms. The van der Waals surface area contributed by atoms with Crippen LogP contribution >= 0.6 is 0 Å². The zero-order valence-electron chi connectivity index (χ0n) is 16.2. The third-order valence-corrected chi connectivity index (χ3v) is 5.81. The van der Waals surface area contributed by atoms with Gasteiger partial charge in [-0.05, 0) is 50.0 Å². The van der Waals surface area contributed by atoms with Crippen LogP contribution in [-0.2, 0) is 13.0 Å². The molecule has 3 aromatic rings. The number of para-hydroxylation sites is 1. The lowest BCUT2D eigenvalue weighted by Gasteiger charge is -2.38. The second kappa shape index (κ2) is 8.64. The maximum absolute atomic E-state index is 4.63. The van der Waals surface area contributed by atoms with Gasteiger partial charge in [0, 0.05) is 37.3 Å². The molecule has 1 aliphatic heterocycles. The van der Waals surface area contributed by atoms with Crippen LogP contribution in [0.2, 0.25) is 0 Å². The lowest BCUT2D eigenvalue weighted by molar-refractivity contribution is 0.112. The number of hydrogen-bond acceptors (Lipinski definition) is 3. The minimum absolute atomic E-state index is 0.644. The second-order valence-electron chi connectivity index (χ2n) is 7.74. The average molecular weight is 360 g/mol. The molecule has 1 fully saturated rings. The zero-order valence-corrected chi connectivity index (χ0v) is 16.2. The van der Waals surface area contributed by atoms with Crippen molar-refractivity contribution in [3.63, 3.8) is 0 Å². The van der Waals surface area contributed by atoms with Gasteiger partial charge < -0.3 is 4.90 Å². The van der Waals surface area contributed by atoms with E-state index >= 15 is 0 Å². The highest BCUT2D eigenvalue weighted by Crippen LogP contribution is 2.21. The van der Waals surface area contributed by atoms with E-state index in [0.717, 1.165) is 31.6 Å². The number of piperidine rings is 1. The van der Waals surface area contributed by atoms with Crippen molar-refractivity contribution in [1.82, 2.24) is 14.8 Å². The molecule has 1 aromatic heterocycles. The Morgan fingerprint density at radius 2 is 1.89 bits per heavy atom. The molecule has 27 heavy (non-hydrogen) atoms. The minimum Gasteiger partial charge on any atom is -0.302 e. The summed E-state index contributed by atoms with van der Waals surface area (Å²) in [5.74, 6) is 0. The van der Waals surface area contributed by atoms with Crippen LogP contribution in [0, 0.1) is 0 Å². The first-order valence-corrected chi connectivity index (χ1v) is 10.1. The Morgan fingerprint density at radius 3 is 2.78 bits per heavy atom. The first-order valence-electron chi connectivity index (χ1n) is 10.1. The van der Waals surface area contributed by atoms with Crippen LogP contribution in [0.1, 0.15) is 24.0 Å². The summed E-state index contributed by atoms with van der Waals surface area (Å²) in [5.41, 5.74) is 3.93. The van der Waals surface area contributed by atoms with Crippen molar-refractivity contribution in [2.75, 3.05) is 26.7 Å².